The SMILES string of the molecule is c1ccc(-c2cc(-c3cccc(-c4nc(-c5ccccc5)nc(-c5cccc6oc7ccccc7c56)n4)c3)c(-c3ccccc3)c(-c3ccc4c(c3)-c3ccccc3C4(c3ccccc3)c3ccccc3)c2)cc1. The van der Waals surface area contributed by atoms with E-state index in [9.17, 15) is 0 Å². The molecule has 0 saturated carbocycles. The molecule has 0 unspecified atom stereocenters. The topological polar surface area (TPSA) is 51.8 Å². The van der Waals surface area contributed by atoms with Gasteiger partial charge in [0, 0.05) is 27.5 Å². The second-order valence-electron chi connectivity index (χ2n) is 19.0. The Kier molecular flexibility index (Phi) is 10.4. The van der Waals surface area contributed by atoms with E-state index < -0.39 is 5.41 Å². The van der Waals surface area contributed by atoms with Crippen LogP contribution in [0.1, 0.15) is 22.3 Å². The van der Waals surface area contributed by atoms with Gasteiger partial charge in [0.2, 0.25) is 0 Å². The van der Waals surface area contributed by atoms with E-state index in [1.807, 2.05) is 48.5 Å². The predicted molar refractivity (Wildman–Crippen MR) is 302 cm³/mol. The van der Waals surface area contributed by atoms with Gasteiger partial charge in [-0.15, -0.1) is 0 Å². The smallest absolute Gasteiger partial charge is 0.164 e. The van der Waals surface area contributed by atoms with Crippen LogP contribution in [-0.2, 0) is 5.41 Å². The molecule has 346 valence electrons. The molecule has 0 aliphatic heterocycles. The number of furan rings is 1. The highest BCUT2D eigenvalue weighted by atomic mass is 16.3. The number of hydrogen-bond acceptors (Lipinski definition) is 4. The molecule has 0 atom stereocenters. The normalized spacial score (nSPS) is 12.4. The number of fused-ring (bicyclic) bond motifs is 6. The minimum Gasteiger partial charge on any atom is -0.456 e. The van der Waals surface area contributed by atoms with Crippen molar-refractivity contribution in [3.8, 4) is 89.8 Å². The third kappa shape index (κ3) is 7.10. The third-order valence-electron chi connectivity index (χ3n) is 14.8. The quantitative estimate of drug-likeness (QED) is 0.145. The minimum atomic E-state index is -0.499. The van der Waals surface area contributed by atoms with Gasteiger partial charge in [0.15, 0.2) is 17.5 Å². The van der Waals surface area contributed by atoms with Crippen LogP contribution in [0.15, 0.2) is 277 Å². The second-order valence-corrected chi connectivity index (χ2v) is 19.0. The first-order valence-corrected chi connectivity index (χ1v) is 25.2. The van der Waals surface area contributed by atoms with Crippen LogP contribution in [0.25, 0.3) is 112 Å². The van der Waals surface area contributed by atoms with Gasteiger partial charge in [0.05, 0.1) is 5.41 Å². The van der Waals surface area contributed by atoms with Gasteiger partial charge in [0.1, 0.15) is 11.2 Å². The van der Waals surface area contributed by atoms with Crippen molar-refractivity contribution >= 4 is 21.9 Å². The number of nitrogens with zero attached hydrogens (tertiary/aromatic N) is 3. The molecule has 74 heavy (non-hydrogen) atoms. The maximum absolute atomic E-state index is 6.35. The monoisotopic (exact) mass is 943 g/mol. The zero-order chi connectivity index (χ0) is 49.0. The highest BCUT2D eigenvalue weighted by Crippen LogP contribution is 2.57. The van der Waals surface area contributed by atoms with Crippen molar-refractivity contribution < 1.29 is 4.42 Å². The summed E-state index contributed by atoms with van der Waals surface area (Å²) in [6.07, 6.45) is 0. The van der Waals surface area contributed by atoms with Crippen LogP contribution in [0.5, 0.6) is 0 Å². The Hall–Kier alpha value is -9.77. The number of rotatable bonds is 9. The van der Waals surface area contributed by atoms with Crippen molar-refractivity contribution in [2.45, 2.75) is 5.41 Å². The summed E-state index contributed by atoms with van der Waals surface area (Å²) in [5, 5.41) is 2.00. The molecule has 2 aromatic heterocycles. The lowest BCUT2D eigenvalue weighted by atomic mass is 9.67. The van der Waals surface area contributed by atoms with Crippen molar-refractivity contribution in [1.82, 2.24) is 15.0 Å². The average molecular weight is 944 g/mol. The van der Waals surface area contributed by atoms with E-state index in [-0.39, 0.29) is 0 Å². The highest BCUT2D eigenvalue weighted by Gasteiger charge is 2.46. The van der Waals surface area contributed by atoms with Crippen LogP contribution >= 0.6 is 0 Å². The molecule has 0 amide bonds. The molecule has 14 rings (SSSR count). The Morgan fingerprint density at radius 1 is 0.270 bits per heavy atom. The first kappa shape index (κ1) is 43.1. The Balaban J connectivity index is 0.996. The summed E-state index contributed by atoms with van der Waals surface area (Å²) in [6, 6.07) is 97.6. The summed E-state index contributed by atoms with van der Waals surface area (Å²) in [5.74, 6) is 1.76. The van der Waals surface area contributed by atoms with Gasteiger partial charge in [-0.2, -0.15) is 0 Å². The van der Waals surface area contributed by atoms with Crippen molar-refractivity contribution in [3.05, 3.63) is 295 Å². The van der Waals surface area contributed by atoms with E-state index in [4.69, 9.17) is 19.4 Å². The van der Waals surface area contributed by atoms with Crippen molar-refractivity contribution in [2.75, 3.05) is 0 Å². The Morgan fingerprint density at radius 3 is 1.45 bits per heavy atom. The fourth-order valence-corrected chi connectivity index (χ4v) is 11.6. The summed E-state index contributed by atoms with van der Waals surface area (Å²) in [5.41, 5.74) is 20.3. The van der Waals surface area contributed by atoms with Gasteiger partial charge >= 0.3 is 0 Å². The van der Waals surface area contributed by atoms with Gasteiger partial charge in [-0.3, -0.25) is 0 Å². The van der Waals surface area contributed by atoms with E-state index >= 15 is 0 Å². The summed E-state index contributed by atoms with van der Waals surface area (Å²) in [6.45, 7) is 0. The molecule has 4 nitrogen and oxygen atoms in total. The molecule has 0 saturated heterocycles. The van der Waals surface area contributed by atoms with Gasteiger partial charge in [-0.25, -0.2) is 15.0 Å². The largest absolute Gasteiger partial charge is 0.456 e. The number of para-hydroxylation sites is 1. The summed E-state index contributed by atoms with van der Waals surface area (Å²) < 4.78 is 6.35. The third-order valence-corrected chi connectivity index (χ3v) is 14.8. The van der Waals surface area contributed by atoms with E-state index in [1.165, 1.54) is 33.4 Å². The van der Waals surface area contributed by atoms with E-state index in [0.717, 1.165) is 83.1 Å². The van der Waals surface area contributed by atoms with Crippen molar-refractivity contribution in [2.24, 2.45) is 0 Å². The summed E-state index contributed by atoms with van der Waals surface area (Å²) in [7, 11) is 0. The molecule has 0 N–H and O–H groups in total. The first-order valence-electron chi connectivity index (χ1n) is 25.2. The molecular weight excluding hydrogens is 899 g/mol. The molecule has 4 heteroatoms. The average Bonchev–Trinajstić information content (AvgIpc) is 4.02. The second kappa shape index (κ2) is 17.8. The molecule has 0 spiro atoms. The standard InChI is InChI=1S/C70H45N3O/c1-6-22-46(23-7-1)52-44-58(49-28-20-29-51(42-49)68-71-67(48-26-10-3-11-27-48)72-69(73-68)57-36-21-39-64-66(57)56-35-17-19-38-63(56)74-64)65(47-24-8-2-9-25-47)59(45-52)50-40-41-62-60(43-50)55-34-16-18-37-61(55)70(62,53-30-12-4-13-31-53)54-32-14-5-15-33-54/h1-45H. The molecule has 1 aliphatic rings. The van der Waals surface area contributed by atoms with Crippen LogP contribution in [-0.4, -0.2) is 15.0 Å². The molecule has 0 radical (unpaired) electrons. The lowest BCUT2D eigenvalue weighted by Crippen LogP contribution is -2.28. The molecule has 11 aromatic carbocycles. The van der Waals surface area contributed by atoms with Crippen LogP contribution in [0.4, 0.5) is 0 Å². The lowest BCUT2D eigenvalue weighted by Gasteiger charge is -2.34. The molecule has 0 bridgehead atoms. The van der Waals surface area contributed by atoms with Gasteiger partial charge in [0.25, 0.3) is 0 Å². The Labute approximate surface area is 429 Å². The van der Waals surface area contributed by atoms with Crippen molar-refractivity contribution in [1.29, 1.82) is 0 Å². The molecular formula is C70H45N3O. The Morgan fingerprint density at radius 2 is 0.743 bits per heavy atom. The van der Waals surface area contributed by atoms with E-state index in [2.05, 4.69) is 224 Å². The van der Waals surface area contributed by atoms with Crippen LogP contribution < -0.4 is 0 Å². The van der Waals surface area contributed by atoms with E-state index in [1.54, 1.807) is 0 Å². The molecule has 2 heterocycles. The lowest BCUT2D eigenvalue weighted by molar-refractivity contribution is 0.669. The zero-order valence-electron chi connectivity index (χ0n) is 40.2. The van der Waals surface area contributed by atoms with Crippen LogP contribution in [0.3, 0.4) is 0 Å². The zero-order valence-corrected chi connectivity index (χ0v) is 40.2. The molecule has 1 aliphatic carbocycles. The van der Waals surface area contributed by atoms with Gasteiger partial charge < -0.3 is 4.42 Å². The fourth-order valence-electron chi connectivity index (χ4n) is 11.6. The number of hydrogen-bond donors (Lipinski definition) is 0. The maximum atomic E-state index is 6.35. The van der Waals surface area contributed by atoms with E-state index in [0.29, 0.717) is 17.5 Å². The van der Waals surface area contributed by atoms with Crippen molar-refractivity contribution in [3.63, 3.8) is 0 Å². The Bertz CT molecular complexity index is 4190. The highest BCUT2D eigenvalue weighted by molar-refractivity contribution is 6.12. The summed E-state index contributed by atoms with van der Waals surface area (Å²) in [4.78, 5) is 15.7. The van der Waals surface area contributed by atoms with Crippen LogP contribution in [0, 0.1) is 0 Å². The first-order chi connectivity index (χ1) is 36.7. The molecule has 13 aromatic rings. The maximum Gasteiger partial charge on any atom is 0.164 e. The number of benzene rings is 11. The van der Waals surface area contributed by atoms with Gasteiger partial charge in [-0.1, -0.05) is 237 Å². The summed E-state index contributed by atoms with van der Waals surface area (Å²) >= 11 is 0. The molecule has 0 fully saturated rings. The van der Waals surface area contributed by atoms with Crippen LogP contribution in [0.2, 0.25) is 0 Å². The fraction of sp³-hybridized carbons (Fsp3) is 0.0143. The number of aromatic nitrogens is 3. The minimum absolute atomic E-state index is 0.499. The predicted octanol–water partition coefficient (Wildman–Crippen LogP) is 17.8. The van der Waals surface area contributed by atoms with Gasteiger partial charge in [-0.05, 0) is 114 Å².